The maximum atomic E-state index is 13.2. The van der Waals surface area contributed by atoms with Crippen LogP contribution in [0.4, 0.5) is 8.78 Å². The van der Waals surface area contributed by atoms with Gasteiger partial charge in [-0.3, -0.25) is 9.78 Å². The summed E-state index contributed by atoms with van der Waals surface area (Å²) in [5, 5.41) is 8.59. The topological polar surface area (TPSA) is 75.1 Å². The van der Waals surface area contributed by atoms with E-state index in [0.29, 0.717) is 4.57 Å². The van der Waals surface area contributed by atoms with Gasteiger partial charge in [0, 0.05) is 0 Å². The Balaban J connectivity index is 2.84. The van der Waals surface area contributed by atoms with Crippen LogP contribution in [-0.4, -0.2) is 14.7 Å². The van der Waals surface area contributed by atoms with E-state index in [1.54, 1.807) is 4.98 Å². The van der Waals surface area contributed by atoms with E-state index in [1.165, 1.54) is 0 Å². The van der Waals surface area contributed by atoms with E-state index in [9.17, 15) is 23.5 Å². The van der Waals surface area contributed by atoms with Crippen molar-refractivity contribution in [1.82, 2.24) is 9.55 Å². The molecule has 0 saturated heterocycles. The summed E-state index contributed by atoms with van der Waals surface area (Å²) < 4.78 is 26.9. The number of benzene rings is 1. The first kappa shape index (κ1) is 13.6. The molecule has 2 aromatic rings. The molecule has 0 atom stereocenters. The van der Waals surface area contributed by atoms with Gasteiger partial charge in [-0.1, -0.05) is 23.2 Å². The zero-order chi connectivity index (χ0) is 14.3. The van der Waals surface area contributed by atoms with E-state index in [1.807, 2.05) is 0 Å². The fourth-order valence-electron chi connectivity index (χ4n) is 1.41. The van der Waals surface area contributed by atoms with Crippen LogP contribution >= 0.6 is 23.2 Å². The second-order valence-electron chi connectivity index (χ2n) is 3.46. The molecule has 9 heteroatoms. The van der Waals surface area contributed by atoms with Crippen LogP contribution < -0.4 is 11.2 Å². The first-order valence-electron chi connectivity index (χ1n) is 4.71. The normalized spacial score (nSPS) is 10.7. The molecule has 5 nitrogen and oxygen atoms in total. The predicted octanol–water partition coefficient (Wildman–Crippen LogP) is 1.82. The average Bonchev–Trinajstić information content (AvgIpc) is 2.33. The molecule has 2 rings (SSSR count). The van der Waals surface area contributed by atoms with Gasteiger partial charge in [-0.15, -0.1) is 0 Å². The molecule has 0 aliphatic carbocycles. The Labute approximate surface area is 113 Å². The van der Waals surface area contributed by atoms with Crippen molar-refractivity contribution in [2.75, 3.05) is 0 Å². The number of halogens is 4. The Hall–Kier alpha value is -1.86. The summed E-state index contributed by atoms with van der Waals surface area (Å²) >= 11 is 11.0. The summed E-state index contributed by atoms with van der Waals surface area (Å²) in [5.41, 5.74) is -2.70. The lowest BCUT2D eigenvalue weighted by molar-refractivity contribution is 0.386. The minimum Gasteiger partial charge on any atom is -0.492 e. The molecular weight excluding hydrogens is 305 g/mol. The van der Waals surface area contributed by atoms with Crippen LogP contribution in [0.25, 0.3) is 5.69 Å². The van der Waals surface area contributed by atoms with E-state index in [4.69, 9.17) is 23.2 Å². The second kappa shape index (κ2) is 4.67. The van der Waals surface area contributed by atoms with Crippen molar-refractivity contribution in [3.05, 3.63) is 54.7 Å². The molecule has 0 saturated carbocycles. The van der Waals surface area contributed by atoms with Crippen LogP contribution in [0, 0.1) is 11.6 Å². The molecule has 0 spiro atoms. The Bertz CT molecular complexity index is 762. The number of aromatic hydroxyl groups is 1. The van der Waals surface area contributed by atoms with Crippen LogP contribution in [0.5, 0.6) is 5.88 Å². The third-order valence-corrected chi connectivity index (χ3v) is 2.81. The summed E-state index contributed by atoms with van der Waals surface area (Å²) in [4.78, 5) is 24.1. The second-order valence-corrected chi connectivity index (χ2v) is 4.27. The first-order chi connectivity index (χ1) is 8.82. The molecule has 0 fully saturated rings. The van der Waals surface area contributed by atoms with Gasteiger partial charge in [0.05, 0.1) is 15.7 Å². The Kier molecular flexibility index (Phi) is 3.34. The van der Waals surface area contributed by atoms with Gasteiger partial charge in [0.1, 0.15) is 0 Å². The van der Waals surface area contributed by atoms with Crippen molar-refractivity contribution >= 4 is 23.2 Å². The van der Waals surface area contributed by atoms with Gasteiger partial charge in [-0.25, -0.2) is 13.8 Å². The van der Waals surface area contributed by atoms with Gasteiger partial charge in [0.25, 0.3) is 5.56 Å². The van der Waals surface area contributed by atoms with Gasteiger partial charge in [-0.2, -0.15) is 4.39 Å². The highest BCUT2D eigenvalue weighted by molar-refractivity contribution is 6.35. The number of rotatable bonds is 1. The summed E-state index contributed by atoms with van der Waals surface area (Å²) in [6.07, 6.45) is 0. The van der Waals surface area contributed by atoms with E-state index < -0.39 is 38.8 Å². The molecule has 1 aromatic heterocycles. The summed E-state index contributed by atoms with van der Waals surface area (Å²) in [7, 11) is 0. The van der Waals surface area contributed by atoms with E-state index in [2.05, 4.69) is 0 Å². The van der Waals surface area contributed by atoms with Crippen LogP contribution in [0.3, 0.4) is 0 Å². The maximum Gasteiger partial charge on any atom is 0.335 e. The van der Waals surface area contributed by atoms with Crippen molar-refractivity contribution in [1.29, 1.82) is 0 Å². The third-order valence-electron chi connectivity index (χ3n) is 2.26. The number of nitrogens with zero attached hydrogens (tertiary/aromatic N) is 1. The molecule has 1 heterocycles. The van der Waals surface area contributed by atoms with Crippen molar-refractivity contribution in [2.24, 2.45) is 0 Å². The highest BCUT2D eigenvalue weighted by Gasteiger charge is 2.17. The molecule has 0 aliphatic heterocycles. The molecule has 0 radical (unpaired) electrons. The SMILES string of the molecule is O=c1[nH]c(=O)n(-c2cc(Cl)c(F)c(Cl)c2)c(O)c1F. The zero-order valence-electron chi connectivity index (χ0n) is 8.88. The molecule has 100 valence electrons. The lowest BCUT2D eigenvalue weighted by Gasteiger charge is -2.09. The van der Waals surface area contributed by atoms with Gasteiger partial charge < -0.3 is 5.11 Å². The van der Waals surface area contributed by atoms with Gasteiger partial charge in [-0.05, 0) is 12.1 Å². The van der Waals surface area contributed by atoms with Crippen LogP contribution in [-0.2, 0) is 0 Å². The summed E-state index contributed by atoms with van der Waals surface area (Å²) in [6.45, 7) is 0. The maximum absolute atomic E-state index is 13.2. The summed E-state index contributed by atoms with van der Waals surface area (Å²) in [5.74, 6) is -3.71. The summed E-state index contributed by atoms with van der Waals surface area (Å²) in [6, 6.07) is 1.89. The molecule has 0 unspecified atom stereocenters. The van der Waals surface area contributed by atoms with Crippen molar-refractivity contribution in [3.8, 4) is 11.6 Å². The van der Waals surface area contributed by atoms with Crippen molar-refractivity contribution in [2.45, 2.75) is 0 Å². The molecule has 0 bridgehead atoms. The van der Waals surface area contributed by atoms with E-state index in [-0.39, 0.29) is 5.69 Å². The number of hydrogen-bond donors (Lipinski definition) is 2. The number of aromatic amines is 1. The van der Waals surface area contributed by atoms with Gasteiger partial charge in [0.2, 0.25) is 11.7 Å². The molecular formula is C10H4Cl2F2N2O3. The van der Waals surface area contributed by atoms with E-state index >= 15 is 0 Å². The molecule has 2 N–H and O–H groups in total. The van der Waals surface area contributed by atoms with E-state index in [0.717, 1.165) is 12.1 Å². The minimum absolute atomic E-state index is 0.200. The largest absolute Gasteiger partial charge is 0.492 e. The lowest BCUT2D eigenvalue weighted by Crippen LogP contribution is -2.30. The smallest absolute Gasteiger partial charge is 0.335 e. The molecule has 1 aromatic carbocycles. The predicted molar refractivity (Wildman–Crippen MR) is 64.3 cm³/mol. The highest BCUT2D eigenvalue weighted by Crippen LogP contribution is 2.27. The van der Waals surface area contributed by atoms with Crippen molar-refractivity contribution in [3.63, 3.8) is 0 Å². The van der Waals surface area contributed by atoms with Crippen LogP contribution in [0.1, 0.15) is 0 Å². The zero-order valence-corrected chi connectivity index (χ0v) is 10.4. The molecule has 0 aliphatic rings. The monoisotopic (exact) mass is 308 g/mol. The fourth-order valence-corrected chi connectivity index (χ4v) is 1.89. The number of hydrogen-bond acceptors (Lipinski definition) is 3. The number of nitrogens with one attached hydrogen (secondary N) is 1. The third kappa shape index (κ3) is 2.22. The first-order valence-corrected chi connectivity index (χ1v) is 5.47. The van der Waals surface area contributed by atoms with Crippen LogP contribution in [0.15, 0.2) is 21.7 Å². The fraction of sp³-hybridized carbons (Fsp3) is 0. The number of H-pyrrole nitrogens is 1. The van der Waals surface area contributed by atoms with Crippen LogP contribution in [0.2, 0.25) is 10.0 Å². The van der Waals surface area contributed by atoms with Gasteiger partial charge >= 0.3 is 5.69 Å². The quantitative estimate of drug-likeness (QED) is 0.789. The lowest BCUT2D eigenvalue weighted by atomic mass is 10.3. The average molecular weight is 309 g/mol. The van der Waals surface area contributed by atoms with Gasteiger partial charge in [0.15, 0.2) is 5.82 Å². The molecule has 0 amide bonds. The highest BCUT2D eigenvalue weighted by atomic mass is 35.5. The molecule has 19 heavy (non-hydrogen) atoms. The number of aromatic nitrogens is 2. The standard InChI is InChI=1S/C10H4Cl2F2N2O3/c11-4-1-3(2-5(12)6(4)13)16-9(18)7(14)8(17)15-10(16)19/h1-2,18H,(H,15,17,19). The Morgan fingerprint density at radius 2 is 1.63 bits per heavy atom. The van der Waals surface area contributed by atoms with Crippen molar-refractivity contribution < 1.29 is 13.9 Å². The Morgan fingerprint density at radius 3 is 2.16 bits per heavy atom. The minimum atomic E-state index is -1.56. The Morgan fingerprint density at radius 1 is 1.11 bits per heavy atom.